The molecule has 1 aromatic heterocycles. The number of halogens is 1. The van der Waals surface area contributed by atoms with Gasteiger partial charge in [-0.25, -0.2) is 14.2 Å². The van der Waals surface area contributed by atoms with Gasteiger partial charge in [-0.1, -0.05) is 0 Å². The molecule has 0 bridgehead atoms. The van der Waals surface area contributed by atoms with Gasteiger partial charge in [0.05, 0.1) is 0 Å². The van der Waals surface area contributed by atoms with Gasteiger partial charge in [-0.3, -0.25) is 4.90 Å². The van der Waals surface area contributed by atoms with Gasteiger partial charge in [-0.15, -0.1) is 11.3 Å². The van der Waals surface area contributed by atoms with Crippen molar-refractivity contribution in [2.24, 2.45) is 0 Å². The Morgan fingerprint density at radius 3 is 2.80 bits per heavy atom. The summed E-state index contributed by atoms with van der Waals surface area (Å²) >= 11 is 1.38. The molecule has 20 heavy (non-hydrogen) atoms. The first-order valence-corrected chi connectivity index (χ1v) is 7.43. The first-order valence-electron chi connectivity index (χ1n) is 6.61. The second-order valence-electron chi connectivity index (χ2n) is 5.93. The lowest BCUT2D eigenvalue weighted by Crippen LogP contribution is -2.45. The molecule has 2 heterocycles. The molecule has 0 aliphatic carbocycles. The van der Waals surface area contributed by atoms with Crippen molar-refractivity contribution in [1.29, 1.82) is 0 Å². The highest BCUT2D eigenvalue weighted by Gasteiger charge is 2.35. The van der Waals surface area contributed by atoms with Crippen LogP contribution in [0.1, 0.15) is 44.4 Å². The number of carbonyl (C=O) groups is 1. The Morgan fingerprint density at radius 1 is 1.60 bits per heavy atom. The van der Waals surface area contributed by atoms with Crippen LogP contribution in [0.3, 0.4) is 0 Å². The SMILES string of the molecule is CC(C)(C)OC(=O)N1CCC(c2cnc(N)s2)CC1F. The van der Waals surface area contributed by atoms with E-state index in [2.05, 4.69) is 4.98 Å². The summed E-state index contributed by atoms with van der Waals surface area (Å²) in [7, 11) is 0. The molecule has 112 valence electrons. The van der Waals surface area contributed by atoms with Crippen molar-refractivity contribution in [1.82, 2.24) is 9.88 Å². The zero-order chi connectivity index (χ0) is 14.9. The van der Waals surface area contributed by atoms with Gasteiger partial charge in [-0.2, -0.15) is 0 Å². The van der Waals surface area contributed by atoms with E-state index in [0.717, 1.165) is 9.78 Å². The Bertz CT molecular complexity index is 486. The van der Waals surface area contributed by atoms with E-state index in [1.54, 1.807) is 27.0 Å². The van der Waals surface area contributed by atoms with E-state index >= 15 is 0 Å². The Kier molecular flexibility index (Phi) is 4.17. The highest BCUT2D eigenvalue weighted by molar-refractivity contribution is 7.15. The summed E-state index contributed by atoms with van der Waals surface area (Å²) in [4.78, 5) is 18.0. The van der Waals surface area contributed by atoms with Crippen molar-refractivity contribution >= 4 is 22.6 Å². The lowest BCUT2D eigenvalue weighted by molar-refractivity contribution is -0.0168. The van der Waals surface area contributed by atoms with Gasteiger partial charge in [-0.05, 0) is 27.2 Å². The zero-order valence-corrected chi connectivity index (χ0v) is 12.7. The third-order valence-corrected chi connectivity index (χ3v) is 4.10. The Hall–Kier alpha value is -1.37. The van der Waals surface area contributed by atoms with Gasteiger partial charge < -0.3 is 10.5 Å². The summed E-state index contributed by atoms with van der Waals surface area (Å²) in [6, 6.07) is 0. The average molecular weight is 301 g/mol. The maximum Gasteiger partial charge on any atom is 0.412 e. The van der Waals surface area contributed by atoms with Crippen LogP contribution in [0.4, 0.5) is 14.3 Å². The highest BCUT2D eigenvalue weighted by atomic mass is 32.1. The zero-order valence-electron chi connectivity index (χ0n) is 11.9. The van der Waals surface area contributed by atoms with E-state index in [0.29, 0.717) is 18.1 Å². The van der Waals surface area contributed by atoms with Crippen molar-refractivity contribution in [2.75, 3.05) is 12.3 Å². The summed E-state index contributed by atoms with van der Waals surface area (Å²) < 4.78 is 19.4. The number of nitrogen functional groups attached to an aromatic ring is 1. The number of carbonyl (C=O) groups excluding carboxylic acids is 1. The summed E-state index contributed by atoms with van der Waals surface area (Å²) in [5.41, 5.74) is 4.98. The van der Waals surface area contributed by atoms with Gasteiger partial charge in [0.25, 0.3) is 0 Å². The third-order valence-electron chi connectivity index (χ3n) is 3.11. The van der Waals surface area contributed by atoms with Crippen molar-refractivity contribution in [2.45, 2.75) is 51.4 Å². The number of piperidine rings is 1. The van der Waals surface area contributed by atoms with Crippen LogP contribution >= 0.6 is 11.3 Å². The molecular formula is C13H20FN3O2S. The van der Waals surface area contributed by atoms with Gasteiger partial charge in [0, 0.05) is 30.0 Å². The number of aromatic nitrogens is 1. The maximum atomic E-state index is 14.2. The van der Waals surface area contributed by atoms with Crippen LogP contribution in [0, 0.1) is 0 Å². The third kappa shape index (κ3) is 3.59. The first kappa shape index (κ1) is 15.0. The monoisotopic (exact) mass is 301 g/mol. The van der Waals surface area contributed by atoms with Crippen molar-refractivity contribution in [3.63, 3.8) is 0 Å². The number of ether oxygens (including phenoxy) is 1. The molecule has 1 saturated heterocycles. The molecule has 2 N–H and O–H groups in total. The fourth-order valence-corrected chi connectivity index (χ4v) is 3.02. The minimum atomic E-state index is -1.33. The Labute approximate surface area is 121 Å². The molecule has 1 amide bonds. The molecule has 1 aliphatic heterocycles. The van der Waals surface area contributed by atoms with Gasteiger partial charge >= 0.3 is 6.09 Å². The molecule has 0 radical (unpaired) electrons. The van der Waals surface area contributed by atoms with E-state index in [1.165, 1.54) is 11.3 Å². The van der Waals surface area contributed by atoms with Crippen LogP contribution in [0.15, 0.2) is 6.20 Å². The molecule has 1 aliphatic rings. The van der Waals surface area contributed by atoms with Crippen molar-refractivity contribution < 1.29 is 13.9 Å². The predicted octanol–water partition coefficient (Wildman–Crippen LogP) is 3.14. The molecule has 0 spiro atoms. The smallest absolute Gasteiger partial charge is 0.412 e. The normalized spacial score (nSPS) is 23.7. The number of hydrogen-bond donors (Lipinski definition) is 1. The van der Waals surface area contributed by atoms with E-state index in [1.807, 2.05) is 0 Å². The Morgan fingerprint density at radius 2 is 2.30 bits per heavy atom. The minimum Gasteiger partial charge on any atom is -0.444 e. The lowest BCUT2D eigenvalue weighted by Gasteiger charge is -2.35. The number of hydrogen-bond acceptors (Lipinski definition) is 5. The molecule has 2 unspecified atom stereocenters. The quantitative estimate of drug-likeness (QED) is 0.809. The highest BCUT2D eigenvalue weighted by Crippen LogP contribution is 2.36. The number of amides is 1. The van der Waals surface area contributed by atoms with Gasteiger partial charge in [0.15, 0.2) is 11.4 Å². The van der Waals surface area contributed by atoms with E-state index < -0.39 is 18.0 Å². The lowest BCUT2D eigenvalue weighted by atomic mass is 9.95. The number of nitrogens with zero attached hydrogens (tertiary/aromatic N) is 2. The van der Waals surface area contributed by atoms with Crippen molar-refractivity contribution in [3.8, 4) is 0 Å². The summed E-state index contributed by atoms with van der Waals surface area (Å²) in [5, 5.41) is 0.491. The van der Waals surface area contributed by atoms with E-state index in [9.17, 15) is 9.18 Å². The van der Waals surface area contributed by atoms with Crippen molar-refractivity contribution in [3.05, 3.63) is 11.1 Å². The first-order chi connectivity index (χ1) is 9.26. The topological polar surface area (TPSA) is 68.5 Å². The minimum absolute atomic E-state index is 0.0680. The van der Waals surface area contributed by atoms with Crippen LogP contribution in [-0.2, 0) is 4.74 Å². The van der Waals surface area contributed by atoms with Crippen LogP contribution in [0.25, 0.3) is 0 Å². The summed E-state index contributed by atoms with van der Waals surface area (Å²) in [6.45, 7) is 5.65. The predicted molar refractivity (Wildman–Crippen MR) is 76.3 cm³/mol. The van der Waals surface area contributed by atoms with Crippen LogP contribution in [-0.4, -0.2) is 34.4 Å². The molecule has 2 rings (SSSR count). The number of alkyl halides is 1. The fourth-order valence-electron chi connectivity index (χ4n) is 2.19. The second-order valence-corrected chi connectivity index (χ2v) is 7.02. The van der Waals surface area contributed by atoms with Crippen LogP contribution < -0.4 is 5.73 Å². The van der Waals surface area contributed by atoms with Gasteiger partial charge in [0.1, 0.15) is 5.60 Å². The molecule has 0 saturated carbocycles. The number of thiazole rings is 1. The molecule has 0 aromatic carbocycles. The summed E-state index contributed by atoms with van der Waals surface area (Å²) in [5.74, 6) is 0.0680. The molecule has 7 heteroatoms. The maximum absolute atomic E-state index is 14.2. The summed E-state index contributed by atoms with van der Waals surface area (Å²) in [6.07, 6.45) is 0.738. The molecule has 1 aromatic rings. The standard InChI is InChI=1S/C13H20FN3O2S/c1-13(2,3)19-12(18)17-5-4-8(6-10(17)14)9-7-16-11(15)20-9/h7-8,10H,4-6H2,1-3H3,(H2,15,16). The van der Waals surface area contributed by atoms with Crippen LogP contribution in [0.5, 0.6) is 0 Å². The number of rotatable bonds is 1. The van der Waals surface area contributed by atoms with E-state index in [4.69, 9.17) is 10.5 Å². The van der Waals surface area contributed by atoms with Gasteiger partial charge in [0.2, 0.25) is 0 Å². The van der Waals surface area contributed by atoms with Crippen LogP contribution in [0.2, 0.25) is 0 Å². The fraction of sp³-hybridized carbons (Fsp3) is 0.692. The molecule has 5 nitrogen and oxygen atoms in total. The molecule has 1 fully saturated rings. The molecule has 2 atom stereocenters. The number of likely N-dealkylation sites (tertiary alicyclic amines) is 1. The number of anilines is 1. The largest absolute Gasteiger partial charge is 0.444 e. The second kappa shape index (κ2) is 5.55. The average Bonchev–Trinajstić information content (AvgIpc) is 2.73. The van der Waals surface area contributed by atoms with E-state index in [-0.39, 0.29) is 12.3 Å². The number of nitrogens with two attached hydrogens (primary N) is 1. The Balaban J connectivity index is 1.97. The molecular weight excluding hydrogens is 281 g/mol.